The summed E-state index contributed by atoms with van der Waals surface area (Å²) in [6.07, 6.45) is -2.02. The van der Waals surface area contributed by atoms with Crippen LogP contribution in [-0.2, 0) is 4.79 Å². The van der Waals surface area contributed by atoms with Crippen molar-refractivity contribution in [1.29, 1.82) is 0 Å². The van der Waals surface area contributed by atoms with Gasteiger partial charge in [-0.05, 0) is 48.9 Å². The van der Waals surface area contributed by atoms with Gasteiger partial charge in [0.1, 0.15) is 0 Å². The maximum absolute atomic E-state index is 12.7. The molecule has 0 bridgehead atoms. The maximum atomic E-state index is 12.7. The first-order valence-electron chi connectivity index (χ1n) is 8.54. The van der Waals surface area contributed by atoms with Gasteiger partial charge < -0.3 is 15.6 Å². The van der Waals surface area contributed by atoms with E-state index in [1.165, 1.54) is 18.2 Å². The number of aromatic amines is 1. The highest BCUT2D eigenvalue weighted by molar-refractivity contribution is 6.30. The molecule has 0 saturated heterocycles. The molecule has 2 amide bonds. The van der Waals surface area contributed by atoms with E-state index in [-0.39, 0.29) is 18.2 Å². The molecule has 3 aromatic rings. The lowest BCUT2D eigenvalue weighted by Crippen LogP contribution is -2.25. The monoisotopic (exact) mass is 406 g/mol. The summed E-state index contributed by atoms with van der Waals surface area (Å²) in [6, 6.07) is 11.3. The summed E-state index contributed by atoms with van der Waals surface area (Å²) in [5.41, 5.74) is 1.70. The molecule has 0 spiro atoms. The van der Waals surface area contributed by atoms with Gasteiger partial charge in [-0.3, -0.25) is 9.59 Å². The van der Waals surface area contributed by atoms with Crippen molar-refractivity contribution in [3.8, 4) is 0 Å². The molecule has 146 valence electrons. The fourth-order valence-corrected chi connectivity index (χ4v) is 2.71. The van der Waals surface area contributed by atoms with Gasteiger partial charge in [0.25, 0.3) is 12.3 Å². The first-order valence-corrected chi connectivity index (χ1v) is 8.91. The number of rotatable bonds is 7. The predicted molar refractivity (Wildman–Crippen MR) is 103 cm³/mol. The van der Waals surface area contributed by atoms with Gasteiger partial charge in [0, 0.05) is 29.2 Å². The summed E-state index contributed by atoms with van der Waals surface area (Å²) in [4.78, 5) is 30.3. The molecule has 3 N–H and O–H groups in total. The number of halogens is 3. The Morgan fingerprint density at radius 3 is 2.61 bits per heavy atom. The summed E-state index contributed by atoms with van der Waals surface area (Å²) >= 11 is 5.79. The summed E-state index contributed by atoms with van der Waals surface area (Å²) in [5, 5.41) is 6.02. The van der Waals surface area contributed by atoms with Crippen LogP contribution in [0.4, 0.5) is 14.5 Å². The van der Waals surface area contributed by atoms with E-state index in [9.17, 15) is 18.4 Å². The van der Waals surface area contributed by atoms with Crippen molar-refractivity contribution in [1.82, 2.24) is 15.3 Å². The molecule has 3 rings (SSSR count). The van der Waals surface area contributed by atoms with Crippen molar-refractivity contribution in [2.24, 2.45) is 0 Å². The Labute approximate surface area is 164 Å². The van der Waals surface area contributed by atoms with Crippen LogP contribution < -0.4 is 10.6 Å². The van der Waals surface area contributed by atoms with Crippen LogP contribution in [0.25, 0.3) is 11.0 Å². The van der Waals surface area contributed by atoms with Crippen molar-refractivity contribution >= 4 is 40.1 Å². The fraction of sp³-hybridized carbons (Fsp3) is 0.211. The zero-order valence-electron chi connectivity index (χ0n) is 14.6. The van der Waals surface area contributed by atoms with Crippen molar-refractivity contribution < 1.29 is 18.4 Å². The van der Waals surface area contributed by atoms with Gasteiger partial charge in [0.05, 0.1) is 11.0 Å². The summed E-state index contributed by atoms with van der Waals surface area (Å²) in [7, 11) is 0. The van der Waals surface area contributed by atoms with Crippen molar-refractivity contribution in [3.63, 3.8) is 0 Å². The van der Waals surface area contributed by atoms with Gasteiger partial charge in [-0.2, -0.15) is 0 Å². The van der Waals surface area contributed by atoms with Crippen LogP contribution in [0, 0.1) is 0 Å². The highest BCUT2D eigenvalue weighted by Crippen LogP contribution is 2.20. The second kappa shape index (κ2) is 8.79. The Hall–Kier alpha value is -3.00. The molecule has 0 aliphatic heterocycles. The Morgan fingerprint density at radius 2 is 1.89 bits per heavy atom. The number of amides is 2. The topological polar surface area (TPSA) is 86.9 Å². The van der Waals surface area contributed by atoms with Crippen LogP contribution in [-0.4, -0.2) is 28.3 Å². The molecule has 2 aromatic carbocycles. The van der Waals surface area contributed by atoms with Crippen LogP contribution >= 0.6 is 11.6 Å². The highest BCUT2D eigenvalue weighted by atomic mass is 35.5. The van der Waals surface area contributed by atoms with Gasteiger partial charge in [-0.1, -0.05) is 11.6 Å². The number of imidazole rings is 1. The van der Waals surface area contributed by atoms with Crippen LogP contribution in [0.5, 0.6) is 0 Å². The van der Waals surface area contributed by atoms with E-state index in [2.05, 4.69) is 20.6 Å². The number of carbonyl (C=O) groups excluding carboxylic acids is 2. The third-order valence-electron chi connectivity index (χ3n) is 3.96. The number of aromatic nitrogens is 2. The quantitative estimate of drug-likeness (QED) is 0.511. The normalized spacial score (nSPS) is 11.0. The van der Waals surface area contributed by atoms with Crippen molar-refractivity contribution in [2.75, 3.05) is 11.9 Å². The van der Waals surface area contributed by atoms with E-state index >= 15 is 0 Å². The number of anilines is 1. The highest BCUT2D eigenvalue weighted by Gasteiger charge is 2.14. The van der Waals surface area contributed by atoms with Crippen LogP contribution in [0.15, 0.2) is 42.5 Å². The number of benzene rings is 2. The summed E-state index contributed by atoms with van der Waals surface area (Å²) < 4.78 is 25.4. The third-order valence-corrected chi connectivity index (χ3v) is 4.22. The second-order valence-electron chi connectivity index (χ2n) is 6.07. The second-order valence-corrected chi connectivity index (χ2v) is 6.51. The van der Waals surface area contributed by atoms with Crippen molar-refractivity contribution in [2.45, 2.75) is 19.3 Å². The molecule has 0 aliphatic rings. The van der Waals surface area contributed by atoms with Gasteiger partial charge in [0.2, 0.25) is 5.91 Å². The average molecular weight is 407 g/mol. The molecule has 6 nitrogen and oxygen atoms in total. The molecular weight excluding hydrogens is 390 g/mol. The number of hydrogen-bond donors (Lipinski definition) is 3. The smallest absolute Gasteiger partial charge is 0.295 e. The fourth-order valence-electron chi connectivity index (χ4n) is 2.58. The SMILES string of the molecule is O=C(CCCNC(=O)c1ccc2nc(C(F)F)[nH]c2c1)Nc1ccc(Cl)cc1. The minimum absolute atomic E-state index is 0.171. The van der Waals surface area contributed by atoms with Gasteiger partial charge in [0.15, 0.2) is 5.82 Å². The van der Waals surface area contributed by atoms with E-state index in [1.807, 2.05) is 0 Å². The largest absolute Gasteiger partial charge is 0.352 e. The van der Waals surface area contributed by atoms with E-state index in [1.54, 1.807) is 24.3 Å². The van der Waals surface area contributed by atoms with E-state index in [0.717, 1.165) is 0 Å². The molecule has 0 saturated carbocycles. The summed E-state index contributed by atoms with van der Waals surface area (Å²) in [5.74, 6) is -0.956. The zero-order valence-corrected chi connectivity index (χ0v) is 15.4. The molecule has 0 atom stereocenters. The minimum atomic E-state index is -2.70. The van der Waals surface area contributed by atoms with Crippen LogP contribution in [0.2, 0.25) is 5.02 Å². The number of H-pyrrole nitrogens is 1. The molecule has 9 heteroatoms. The van der Waals surface area contributed by atoms with Crippen LogP contribution in [0.3, 0.4) is 0 Å². The van der Waals surface area contributed by atoms with Crippen molar-refractivity contribution in [3.05, 3.63) is 58.9 Å². The van der Waals surface area contributed by atoms with Gasteiger partial charge in [-0.15, -0.1) is 0 Å². The Balaban J connectivity index is 1.46. The maximum Gasteiger partial charge on any atom is 0.295 e. The molecular formula is C19H17ClF2N4O2. The van der Waals surface area contributed by atoms with E-state index < -0.39 is 12.2 Å². The first kappa shape index (κ1) is 19.8. The van der Waals surface area contributed by atoms with Crippen LogP contribution in [0.1, 0.15) is 35.4 Å². The number of carbonyl (C=O) groups is 2. The van der Waals surface area contributed by atoms with E-state index in [0.29, 0.717) is 40.3 Å². The first-order chi connectivity index (χ1) is 13.4. The number of alkyl halides is 2. The summed E-state index contributed by atoms with van der Waals surface area (Å²) in [6.45, 7) is 0.302. The van der Waals surface area contributed by atoms with Gasteiger partial charge >= 0.3 is 0 Å². The Morgan fingerprint density at radius 1 is 1.14 bits per heavy atom. The molecule has 0 radical (unpaired) electrons. The lowest BCUT2D eigenvalue weighted by Gasteiger charge is -2.07. The van der Waals surface area contributed by atoms with E-state index in [4.69, 9.17) is 11.6 Å². The lowest BCUT2D eigenvalue weighted by atomic mass is 10.2. The third kappa shape index (κ3) is 5.04. The molecule has 0 fully saturated rings. The molecule has 0 aliphatic carbocycles. The number of nitrogens with one attached hydrogen (secondary N) is 3. The molecule has 28 heavy (non-hydrogen) atoms. The molecule has 1 aromatic heterocycles. The molecule has 1 heterocycles. The lowest BCUT2D eigenvalue weighted by molar-refractivity contribution is -0.116. The van der Waals surface area contributed by atoms with Gasteiger partial charge in [-0.25, -0.2) is 13.8 Å². The number of nitrogens with zero attached hydrogens (tertiary/aromatic N) is 1. The predicted octanol–water partition coefficient (Wildman–Crippen LogP) is 4.30. The average Bonchev–Trinajstić information content (AvgIpc) is 3.10. The standard InChI is InChI=1S/C19H17ClF2N4O2/c20-12-4-6-13(7-5-12)24-16(27)2-1-9-23-19(28)11-3-8-14-15(10-11)26-18(25-14)17(21)22/h3-8,10,17H,1-2,9H2,(H,23,28)(H,24,27)(H,25,26). The Bertz CT molecular complexity index is 989. The molecule has 0 unspecified atom stereocenters. The number of hydrogen-bond acceptors (Lipinski definition) is 3. The zero-order chi connectivity index (χ0) is 20.1. The minimum Gasteiger partial charge on any atom is -0.352 e. The number of fused-ring (bicyclic) bond motifs is 1. The Kier molecular flexibility index (Phi) is 6.20.